The fraction of sp³-hybridized carbons (Fsp3) is 0.400. The summed E-state index contributed by atoms with van der Waals surface area (Å²) in [7, 11) is 0. The standard InChI is InChI=1S/C15H19N3/c1-12-3-2-7-16-15(12)11-18-8-6-13(10-18)9-17-14-4-5-14/h2-3,6-8,10,14,17H,4-5,9,11H2,1H3. The molecule has 1 fully saturated rings. The first-order valence-corrected chi connectivity index (χ1v) is 6.60. The average molecular weight is 241 g/mol. The van der Waals surface area contributed by atoms with Crippen molar-refractivity contribution in [1.82, 2.24) is 14.9 Å². The van der Waals surface area contributed by atoms with Gasteiger partial charge in [-0.15, -0.1) is 0 Å². The highest BCUT2D eigenvalue weighted by atomic mass is 15.0. The van der Waals surface area contributed by atoms with Crippen LogP contribution >= 0.6 is 0 Å². The van der Waals surface area contributed by atoms with Crippen LogP contribution in [0.5, 0.6) is 0 Å². The molecule has 3 nitrogen and oxygen atoms in total. The van der Waals surface area contributed by atoms with E-state index in [2.05, 4.69) is 46.3 Å². The summed E-state index contributed by atoms with van der Waals surface area (Å²) in [6.07, 6.45) is 8.89. The summed E-state index contributed by atoms with van der Waals surface area (Å²) < 4.78 is 2.21. The molecule has 0 atom stereocenters. The van der Waals surface area contributed by atoms with Gasteiger partial charge in [0.2, 0.25) is 0 Å². The Balaban J connectivity index is 1.63. The van der Waals surface area contributed by atoms with Gasteiger partial charge in [0.05, 0.1) is 12.2 Å². The summed E-state index contributed by atoms with van der Waals surface area (Å²) >= 11 is 0. The van der Waals surface area contributed by atoms with E-state index < -0.39 is 0 Å². The minimum absolute atomic E-state index is 0.770. The molecule has 3 heteroatoms. The maximum Gasteiger partial charge on any atom is 0.0645 e. The molecular formula is C15H19N3. The Labute approximate surface area is 108 Å². The SMILES string of the molecule is Cc1cccnc1Cn1ccc(CNC2CC2)c1. The third kappa shape index (κ3) is 2.79. The van der Waals surface area contributed by atoms with Gasteiger partial charge in [-0.1, -0.05) is 6.07 Å². The van der Waals surface area contributed by atoms with Crippen molar-refractivity contribution in [2.24, 2.45) is 0 Å². The molecule has 1 N–H and O–H groups in total. The maximum atomic E-state index is 4.43. The first kappa shape index (κ1) is 11.5. The predicted octanol–water partition coefficient (Wildman–Crippen LogP) is 2.49. The molecule has 2 aromatic heterocycles. The summed E-state index contributed by atoms with van der Waals surface area (Å²) in [4.78, 5) is 4.43. The number of pyridine rings is 1. The normalized spacial score (nSPS) is 14.9. The van der Waals surface area contributed by atoms with Crippen LogP contribution in [-0.2, 0) is 13.1 Å². The molecule has 1 aliphatic carbocycles. The van der Waals surface area contributed by atoms with Gasteiger partial charge >= 0.3 is 0 Å². The van der Waals surface area contributed by atoms with E-state index >= 15 is 0 Å². The highest BCUT2D eigenvalue weighted by molar-refractivity contribution is 5.19. The molecule has 94 valence electrons. The van der Waals surface area contributed by atoms with Gasteiger partial charge in [-0.2, -0.15) is 0 Å². The summed E-state index contributed by atoms with van der Waals surface area (Å²) in [6, 6.07) is 7.06. The van der Waals surface area contributed by atoms with Crippen LogP contribution in [0.15, 0.2) is 36.8 Å². The number of hydrogen-bond acceptors (Lipinski definition) is 2. The first-order valence-electron chi connectivity index (χ1n) is 6.60. The Hall–Kier alpha value is -1.61. The molecule has 0 aliphatic heterocycles. The molecule has 2 heterocycles. The van der Waals surface area contributed by atoms with Crippen LogP contribution in [0.2, 0.25) is 0 Å². The topological polar surface area (TPSA) is 29.9 Å². The Morgan fingerprint density at radius 3 is 3.06 bits per heavy atom. The van der Waals surface area contributed by atoms with Gasteiger partial charge in [0, 0.05) is 31.2 Å². The summed E-state index contributed by atoms with van der Waals surface area (Å²) in [5.74, 6) is 0. The molecule has 3 rings (SSSR count). The summed E-state index contributed by atoms with van der Waals surface area (Å²) in [6.45, 7) is 3.95. The van der Waals surface area contributed by atoms with Crippen LogP contribution < -0.4 is 5.32 Å². The fourth-order valence-electron chi connectivity index (χ4n) is 2.10. The van der Waals surface area contributed by atoms with E-state index in [-0.39, 0.29) is 0 Å². The summed E-state index contributed by atoms with van der Waals surface area (Å²) in [5, 5.41) is 3.53. The first-order chi connectivity index (χ1) is 8.81. The monoisotopic (exact) mass is 241 g/mol. The zero-order valence-electron chi connectivity index (χ0n) is 10.8. The number of hydrogen-bond donors (Lipinski definition) is 1. The molecule has 0 spiro atoms. The number of nitrogens with one attached hydrogen (secondary N) is 1. The lowest BCUT2D eigenvalue weighted by atomic mass is 10.2. The Kier molecular flexibility index (Phi) is 3.15. The van der Waals surface area contributed by atoms with Gasteiger partial charge < -0.3 is 9.88 Å². The molecule has 0 amide bonds. The zero-order chi connectivity index (χ0) is 12.4. The smallest absolute Gasteiger partial charge is 0.0645 e. The molecule has 18 heavy (non-hydrogen) atoms. The van der Waals surface area contributed by atoms with Crippen molar-refractivity contribution in [2.75, 3.05) is 0 Å². The zero-order valence-corrected chi connectivity index (χ0v) is 10.8. The van der Waals surface area contributed by atoms with Gasteiger partial charge in [-0.05, 0) is 43.0 Å². The molecule has 1 saturated carbocycles. The van der Waals surface area contributed by atoms with E-state index in [0.29, 0.717) is 0 Å². The van der Waals surface area contributed by atoms with Crippen molar-refractivity contribution >= 4 is 0 Å². The predicted molar refractivity (Wildman–Crippen MR) is 72.4 cm³/mol. The lowest BCUT2D eigenvalue weighted by Crippen LogP contribution is -2.14. The molecule has 0 unspecified atom stereocenters. The van der Waals surface area contributed by atoms with Gasteiger partial charge in [0.25, 0.3) is 0 Å². The molecule has 0 bridgehead atoms. The number of aromatic nitrogens is 2. The Morgan fingerprint density at radius 1 is 1.39 bits per heavy atom. The lowest BCUT2D eigenvalue weighted by molar-refractivity contribution is 0.684. The highest BCUT2D eigenvalue weighted by Gasteiger charge is 2.19. The van der Waals surface area contributed by atoms with Gasteiger partial charge in [0.15, 0.2) is 0 Å². The van der Waals surface area contributed by atoms with Crippen LogP contribution in [0.3, 0.4) is 0 Å². The quantitative estimate of drug-likeness (QED) is 0.871. The van der Waals surface area contributed by atoms with Crippen molar-refractivity contribution in [3.8, 4) is 0 Å². The van der Waals surface area contributed by atoms with Crippen LogP contribution in [0.1, 0.15) is 29.7 Å². The summed E-state index contributed by atoms with van der Waals surface area (Å²) in [5.41, 5.74) is 3.76. The van der Waals surface area contributed by atoms with E-state index in [1.165, 1.54) is 24.0 Å². The van der Waals surface area contributed by atoms with Gasteiger partial charge in [-0.25, -0.2) is 0 Å². The van der Waals surface area contributed by atoms with E-state index in [1.54, 1.807) is 0 Å². The van der Waals surface area contributed by atoms with Crippen molar-refractivity contribution in [2.45, 2.75) is 38.9 Å². The molecule has 1 aliphatic rings. The van der Waals surface area contributed by atoms with Crippen LogP contribution in [0, 0.1) is 6.92 Å². The molecule has 2 aromatic rings. The van der Waals surface area contributed by atoms with Crippen molar-refractivity contribution in [1.29, 1.82) is 0 Å². The van der Waals surface area contributed by atoms with Crippen molar-refractivity contribution < 1.29 is 0 Å². The highest BCUT2D eigenvalue weighted by Crippen LogP contribution is 2.19. The van der Waals surface area contributed by atoms with E-state index in [0.717, 1.165) is 24.8 Å². The Bertz CT molecular complexity index is 526. The van der Waals surface area contributed by atoms with Crippen LogP contribution in [0.25, 0.3) is 0 Å². The Morgan fingerprint density at radius 2 is 2.28 bits per heavy atom. The third-order valence-electron chi connectivity index (χ3n) is 3.43. The second kappa shape index (κ2) is 4.94. The van der Waals surface area contributed by atoms with E-state index in [1.807, 2.05) is 12.3 Å². The molecule has 0 saturated heterocycles. The van der Waals surface area contributed by atoms with E-state index in [4.69, 9.17) is 0 Å². The number of rotatable bonds is 5. The average Bonchev–Trinajstić information content (AvgIpc) is 3.10. The second-order valence-electron chi connectivity index (χ2n) is 5.11. The molecule has 0 aromatic carbocycles. The molecule has 0 radical (unpaired) electrons. The number of aryl methyl sites for hydroxylation is 1. The van der Waals surface area contributed by atoms with Gasteiger partial charge in [0.1, 0.15) is 0 Å². The second-order valence-corrected chi connectivity index (χ2v) is 5.11. The van der Waals surface area contributed by atoms with Gasteiger partial charge in [-0.3, -0.25) is 4.98 Å². The minimum atomic E-state index is 0.770. The largest absolute Gasteiger partial charge is 0.348 e. The van der Waals surface area contributed by atoms with Crippen LogP contribution in [0.4, 0.5) is 0 Å². The minimum Gasteiger partial charge on any atom is -0.348 e. The molecular weight excluding hydrogens is 222 g/mol. The van der Waals surface area contributed by atoms with E-state index in [9.17, 15) is 0 Å². The maximum absolute atomic E-state index is 4.43. The van der Waals surface area contributed by atoms with Crippen molar-refractivity contribution in [3.05, 3.63) is 53.6 Å². The lowest BCUT2D eigenvalue weighted by Gasteiger charge is -2.05. The van der Waals surface area contributed by atoms with Crippen molar-refractivity contribution in [3.63, 3.8) is 0 Å². The third-order valence-corrected chi connectivity index (χ3v) is 3.43. The number of nitrogens with zero attached hydrogens (tertiary/aromatic N) is 2. The van der Waals surface area contributed by atoms with Crippen LogP contribution in [-0.4, -0.2) is 15.6 Å². The fourth-order valence-corrected chi connectivity index (χ4v) is 2.10.